The van der Waals surface area contributed by atoms with Crippen molar-refractivity contribution in [2.24, 2.45) is 0 Å². The van der Waals surface area contributed by atoms with E-state index in [4.69, 9.17) is 16.3 Å². The van der Waals surface area contributed by atoms with Crippen molar-refractivity contribution in [3.8, 4) is 5.75 Å². The summed E-state index contributed by atoms with van der Waals surface area (Å²) in [6.07, 6.45) is -3.22. The Morgan fingerprint density at radius 3 is 2.44 bits per heavy atom. The minimum Gasteiger partial charge on any atom is -0.497 e. The minimum absolute atomic E-state index is 0.0214. The molecule has 8 nitrogen and oxygen atoms in total. The number of anilines is 4. The van der Waals surface area contributed by atoms with Crippen molar-refractivity contribution in [2.75, 3.05) is 41.4 Å². The molecule has 1 aliphatic rings. The summed E-state index contributed by atoms with van der Waals surface area (Å²) < 4.78 is 78.2. The van der Waals surface area contributed by atoms with Gasteiger partial charge in [-0.2, -0.15) is 17.5 Å². The first-order valence-electron chi connectivity index (χ1n) is 12.3. The van der Waals surface area contributed by atoms with E-state index >= 15 is 0 Å². The van der Waals surface area contributed by atoms with Crippen LogP contribution < -0.4 is 18.8 Å². The number of nitrogens with zero attached hydrogens (tertiary/aromatic N) is 5. The van der Waals surface area contributed by atoms with Gasteiger partial charge < -0.3 is 14.5 Å². The van der Waals surface area contributed by atoms with Crippen molar-refractivity contribution in [3.63, 3.8) is 0 Å². The summed E-state index contributed by atoms with van der Waals surface area (Å²) in [4.78, 5) is 7.89. The van der Waals surface area contributed by atoms with E-state index in [9.17, 15) is 21.6 Å². The number of alkyl halides is 3. The molecule has 0 spiro atoms. The lowest BCUT2D eigenvalue weighted by molar-refractivity contribution is -0.137. The number of fused-ring (bicyclic) bond motifs is 1. The lowest BCUT2D eigenvalue weighted by Crippen LogP contribution is -2.37. The maximum atomic E-state index is 14.1. The molecule has 0 N–H and O–H groups in total. The zero-order valence-electron chi connectivity index (χ0n) is 22.2. The van der Waals surface area contributed by atoms with Crippen molar-refractivity contribution in [1.82, 2.24) is 9.36 Å². The first kappa shape index (κ1) is 29.0. The van der Waals surface area contributed by atoms with Gasteiger partial charge in [0.25, 0.3) is 10.0 Å². The molecule has 0 atom stereocenters. The maximum Gasteiger partial charge on any atom is 0.416 e. The fraction of sp³-hybridized carbons (Fsp3) is 0.259. The molecule has 0 radical (unpaired) electrons. The van der Waals surface area contributed by atoms with Crippen LogP contribution in [0.5, 0.6) is 5.75 Å². The van der Waals surface area contributed by atoms with Crippen LogP contribution in [-0.2, 0) is 22.7 Å². The molecule has 0 bridgehead atoms. The lowest BCUT2D eigenvalue weighted by Gasteiger charge is -2.38. The Bertz CT molecular complexity index is 1680. The molecule has 0 amide bonds. The Kier molecular flexibility index (Phi) is 7.79. The summed E-state index contributed by atoms with van der Waals surface area (Å²) >= 11 is 7.27. The van der Waals surface area contributed by atoms with Gasteiger partial charge in [0.2, 0.25) is 5.13 Å². The number of methoxy groups -OCH3 is 1. The van der Waals surface area contributed by atoms with Gasteiger partial charge in [0.1, 0.15) is 12.1 Å². The van der Waals surface area contributed by atoms with Gasteiger partial charge in [-0.15, -0.1) is 0 Å². The second-order valence-electron chi connectivity index (χ2n) is 9.42. The van der Waals surface area contributed by atoms with Crippen molar-refractivity contribution in [3.05, 3.63) is 82.6 Å². The van der Waals surface area contributed by atoms with E-state index in [-0.39, 0.29) is 21.6 Å². The molecular weight excluding hydrogens is 599 g/mol. The zero-order chi connectivity index (χ0) is 29.5. The number of ether oxygens (including phenoxy) is 1. The largest absolute Gasteiger partial charge is 0.497 e. The van der Waals surface area contributed by atoms with Crippen LogP contribution in [0, 0.1) is 6.92 Å². The van der Waals surface area contributed by atoms with E-state index in [0.717, 1.165) is 34.8 Å². The van der Waals surface area contributed by atoms with E-state index in [2.05, 4.69) is 9.36 Å². The molecule has 3 aromatic carbocycles. The molecule has 1 aromatic heterocycles. The van der Waals surface area contributed by atoms with Crippen molar-refractivity contribution in [2.45, 2.75) is 24.5 Å². The third-order valence-electron chi connectivity index (χ3n) is 6.89. The van der Waals surface area contributed by atoms with Crippen LogP contribution in [-0.4, -0.2) is 45.0 Å². The number of aryl methyl sites for hydroxylation is 1. The van der Waals surface area contributed by atoms with Gasteiger partial charge in [-0.1, -0.05) is 17.7 Å². The van der Waals surface area contributed by atoms with Crippen LogP contribution in [0.1, 0.15) is 16.7 Å². The van der Waals surface area contributed by atoms with Crippen LogP contribution in [0.15, 0.2) is 65.8 Å². The van der Waals surface area contributed by atoms with E-state index in [1.165, 1.54) is 22.8 Å². The average Bonchev–Trinajstić information content (AvgIpc) is 3.46. The van der Waals surface area contributed by atoms with Gasteiger partial charge in [0.05, 0.1) is 46.2 Å². The number of aromatic nitrogens is 2. The third kappa shape index (κ3) is 5.66. The number of sulfonamides is 1. The van der Waals surface area contributed by atoms with Crippen LogP contribution in [0.4, 0.5) is 35.4 Å². The summed E-state index contributed by atoms with van der Waals surface area (Å²) in [7, 11) is -0.725. The highest BCUT2D eigenvalue weighted by molar-refractivity contribution is 7.93. The predicted octanol–water partition coefficient (Wildman–Crippen LogP) is 6.51. The molecule has 2 heterocycles. The van der Waals surface area contributed by atoms with Crippen LogP contribution >= 0.6 is 23.1 Å². The number of halogens is 4. The highest BCUT2D eigenvalue weighted by Crippen LogP contribution is 2.43. The number of rotatable bonds is 7. The van der Waals surface area contributed by atoms with E-state index in [1.807, 2.05) is 31.0 Å². The standard InChI is InChI=1S/C27H25ClF3N5O3S2/c1-17-12-20(39-3)6-4-18(17)15-36(26-32-16-33-40-26)41(37,38)21-7-9-24-25(14-21)34(2)10-11-35(24)23-8-5-19(13-22(23)28)27(29,30)31/h4-9,12-14,16H,10-11,15H2,1-3H3. The second kappa shape index (κ2) is 11.0. The Balaban J connectivity index is 1.53. The van der Waals surface area contributed by atoms with Gasteiger partial charge in [-0.25, -0.2) is 17.7 Å². The SMILES string of the molecule is COc1ccc(CN(c2ncns2)S(=O)(=O)c2ccc3c(c2)N(C)CCN3c2ccc(C(F)(F)F)cc2Cl)c(C)c1. The third-order valence-corrected chi connectivity index (χ3v) is 9.73. The molecular formula is C27H25ClF3N5O3S2. The monoisotopic (exact) mass is 623 g/mol. The molecule has 4 aromatic rings. The lowest BCUT2D eigenvalue weighted by atomic mass is 10.1. The quantitative estimate of drug-likeness (QED) is 0.232. The molecule has 0 saturated carbocycles. The number of hydrogen-bond acceptors (Lipinski definition) is 8. The summed E-state index contributed by atoms with van der Waals surface area (Å²) in [5, 5.41) is 0.161. The summed E-state index contributed by atoms with van der Waals surface area (Å²) in [5.41, 5.74) is 2.38. The molecule has 0 unspecified atom stereocenters. The molecule has 5 rings (SSSR count). The van der Waals surface area contributed by atoms with Crippen molar-refractivity contribution < 1.29 is 26.3 Å². The van der Waals surface area contributed by atoms with Gasteiger partial charge in [-0.3, -0.25) is 0 Å². The minimum atomic E-state index is -4.52. The Morgan fingerprint density at radius 1 is 1.05 bits per heavy atom. The Morgan fingerprint density at radius 2 is 1.80 bits per heavy atom. The highest BCUT2D eigenvalue weighted by Gasteiger charge is 2.33. The molecule has 0 fully saturated rings. The molecule has 1 aliphatic heterocycles. The smallest absolute Gasteiger partial charge is 0.416 e. The Labute approximate surface area is 244 Å². The molecule has 216 valence electrons. The van der Waals surface area contributed by atoms with Gasteiger partial charge in [0.15, 0.2) is 0 Å². The fourth-order valence-electron chi connectivity index (χ4n) is 4.63. The zero-order valence-corrected chi connectivity index (χ0v) is 24.6. The van der Waals surface area contributed by atoms with Crippen LogP contribution in [0.25, 0.3) is 0 Å². The Hall–Kier alpha value is -3.55. The van der Waals surface area contributed by atoms with E-state index in [1.54, 1.807) is 30.2 Å². The maximum absolute atomic E-state index is 14.1. The fourth-order valence-corrected chi connectivity index (χ4v) is 7.06. The summed E-state index contributed by atoms with van der Waals surface area (Å²) in [5.74, 6) is 0.659. The van der Waals surface area contributed by atoms with Gasteiger partial charge in [0, 0.05) is 31.7 Å². The van der Waals surface area contributed by atoms with E-state index < -0.39 is 21.8 Å². The van der Waals surface area contributed by atoms with Gasteiger partial charge in [-0.05, 0) is 66.6 Å². The predicted molar refractivity (Wildman–Crippen MR) is 154 cm³/mol. The summed E-state index contributed by atoms with van der Waals surface area (Å²) in [6, 6.07) is 13.3. The van der Waals surface area contributed by atoms with E-state index in [0.29, 0.717) is 35.9 Å². The average molecular weight is 624 g/mol. The van der Waals surface area contributed by atoms with Crippen LogP contribution in [0.3, 0.4) is 0 Å². The number of hydrogen-bond donors (Lipinski definition) is 0. The molecule has 41 heavy (non-hydrogen) atoms. The summed E-state index contributed by atoms with van der Waals surface area (Å²) in [6.45, 7) is 2.82. The molecule has 0 saturated heterocycles. The number of benzene rings is 3. The molecule has 0 aliphatic carbocycles. The normalized spacial score (nSPS) is 13.7. The highest BCUT2D eigenvalue weighted by atomic mass is 35.5. The van der Waals surface area contributed by atoms with Gasteiger partial charge >= 0.3 is 6.18 Å². The number of likely N-dealkylation sites (N-methyl/N-ethyl adjacent to an activating group) is 1. The van der Waals surface area contributed by atoms with Crippen molar-refractivity contribution in [1.29, 1.82) is 0 Å². The van der Waals surface area contributed by atoms with Crippen molar-refractivity contribution >= 4 is 55.4 Å². The van der Waals surface area contributed by atoms with Crippen LogP contribution in [0.2, 0.25) is 5.02 Å². The first-order chi connectivity index (χ1) is 19.4. The topological polar surface area (TPSA) is 78.9 Å². The molecule has 14 heteroatoms. The second-order valence-corrected chi connectivity index (χ2v) is 12.4. The first-order valence-corrected chi connectivity index (χ1v) is 14.9.